The van der Waals surface area contributed by atoms with Gasteiger partial charge in [-0.05, 0) is 36.2 Å². The third kappa shape index (κ3) is 6.02. The number of amides is 2. The molecule has 0 unspecified atom stereocenters. The zero-order chi connectivity index (χ0) is 22.5. The first-order valence-electron chi connectivity index (χ1n) is 8.67. The molecule has 1 atom stereocenters. The van der Waals surface area contributed by atoms with Crippen LogP contribution >= 0.6 is 23.2 Å². The largest absolute Gasteiger partial charge is 0.481 e. The summed E-state index contributed by atoms with van der Waals surface area (Å²) in [6.45, 7) is 1.83. The van der Waals surface area contributed by atoms with Crippen molar-refractivity contribution < 1.29 is 27.9 Å². The molecule has 0 heterocycles. The topological polar surface area (TPSA) is 130 Å². The molecule has 0 spiro atoms. The minimum absolute atomic E-state index is 0.0369. The van der Waals surface area contributed by atoms with E-state index in [9.17, 15) is 22.8 Å². The Morgan fingerprint density at radius 3 is 2.33 bits per heavy atom. The molecule has 2 aromatic carbocycles. The Morgan fingerprint density at radius 1 is 1.07 bits per heavy atom. The van der Waals surface area contributed by atoms with E-state index in [1.54, 1.807) is 18.2 Å². The summed E-state index contributed by atoms with van der Waals surface area (Å²) in [5, 5.41) is 11.2. The van der Waals surface area contributed by atoms with Crippen molar-refractivity contribution in [3.8, 4) is 0 Å². The SMILES string of the molecule is CCc1ccccc1C(=O)NC(=O)[C@H](CC(=O)O)NS(=O)(=O)c1ccc(Cl)c(Cl)c1. The van der Waals surface area contributed by atoms with Gasteiger partial charge in [0.05, 0.1) is 21.4 Å². The van der Waals surface area contributed by atoms with Crippen molar-refractivity contribution in [3.63, 3.8) is 0 Å². The molecule has 0 aromatic heterocycles. The summed E-state index contributed by atoms with van der Waals surface area (Å²) in [5.74, 6) is -3.30. The number of imide groups is 1. The van der Waals surface area contributed by atoms with E-state index in [0.717, 1.165) is 12.1 Å². The van der Waals surface area contributed by atoms with Gasteiger partial charge in [-0.2, -0.15) is 4.72 Å². The summed E-state index contributed by atoms with van der Waals surface area (Å²) < 4.78 is 27.2. The van der Waals surface area contributed by atoms with Crippen LogP contribution in [-0.2, 0) is 26.0 Å². The molecule has 0 radical (unpaired) electrons. The second-order valence-electron chi connectivity index (χ2n) is 6.18. The number of hydrogen-bond donors (Lipinski definition) is 3. The number of nitrogens with one attached hydrogen (secondary N) is 2. The summed E-state index contributed by atoms with van der Waals surface area (Å²) >= 11 is 11.6. The van der Waals surface area contributed by atoms with Crippen molar-refractivity contribution in [2.45, 2.75) is 30.7 Å². The number of sulfonamides is 1. The highest BCUT2D eigenvalue weighted by Crippen LogP contribution is 2.25. The third-order valence-corrected chi connectivity index (χ3v) is 6.28. The average molecular weight is 473 g/mol. The Balaban J connectivity index is 2.26. The first-order chi connectivity index (χ1) is 14.0. The summed E-state index contributed by atoms with van der Waals surface area (Å²) in [4.78, 5) is 35.8. The predicted octanol–water partition coefficient (Wildman–Crippen LogP) is 2.63. The number of carboxylic acid groups (broad SMARTS) is 1. The molecule has 0 saturated heterocycles. The molecule has 30 heavy (non-hydrogen) atoms. The number of halogens is 2. The minimum atomic E-state index is -4.33. The number of aryl methyl sites for hydroxylation is 1. The number of benzene rings is 2. The highest BCUT2D eigenvalue weighted by molar-refractivity contribution is 7.89. The third-order valence-electron chi connectivity index (χ3n) is 4.07. The Labute approximate surface area is 183 Å². The molecule has 0 aliphatic rings. The van der Waals surface area contributed by atoms with E-state index in [-0.39, 0.29) is 20.5 Å². The van der Waals surface area contributed by atoms with Gasteiger partial charge < -0.3 is 5.11 Å². The molecule has 0 aliphatic heterocycles. The van der Waals surface area contributed by atoms with Crippen LogP contribution in [0.4, 0.5) is 0 Å². The second-order valence-corrected chi connectivity index (χ2v) is 8.71. The summed E-state index contributed by atoms with van der Waals surface area (Å²) in [6.07, 6.45) is -0.352. The van der Waals surface area contributed by atoms with Crippen molar-refractivity contribution in [1.82, 2.24) is 10.0 Å². The van der Waals surface area contributed by atoms with Crippen LogP contribution in [0.3, 0.4) is 0 Å². The number of aliphatic carboxylic acids is 1. The summed E-state index contributed by atoms with van der Waals surface area (Å²) in [7, 11) is -4.33. The van der Waals surface area contributed by atoms with E-state index in [1.165, 1.54) is 12.1 Å². The first-order valence-corrected chi connectivity index (χ1v) is 10.9. The molecule has 2 amide bonds. The number of hydrogen-bond acceptors (Lipinski definition) is 5. The van der Waals surface area contributed by atoms with Crippen molar-refractivity contribution in [2.24, 2.45) is 0 Å². The zero-order valence-electron chi connectivity index (χ0n) is 15.7. The van der Waals surface area contributed by atoms with Gasteiger partial charge in [-0.1, -0.05) is 48.3 Å². The normalized spacial score (nSPS) is 12.2. The Morgan fingerprint density at radius 2 is 1.73 bits per heavy atom. The lowest BCUT2D eigenvalue weighted by Crippen LogP contribution is -2.49. The maximum absolute atomic E-state index is 12.6. The minimum Gasteiger partial charge on any atom is -0.481 e. The molecule has 8 nitrogen and oxygen atoms in total. The van der Waals surface area contributed by atoms with E-state index in [4.69, 9.17) is 28.3 Å². The number of carboxylic acids is 1. The monoisotopic (exact) mass is 472 g/mol. The Bertz CT molecular complexity index is 1090. The molecular weight excluding hydrogens is 455 g/mol. The molecular formula is C19H18Cl2N2O6S. The van der Waals surface area contributed by atoms with Crippen molar-refractivity contribution >= 4 is 51.0 Å². The lowest BCUT2D eigenvalue weighted by Gasteiger charge is -2.17. The predicted molar refractivity (Wildman–Crippen MR) is 111 cm³/mol. The van der Waals surface area contributed by atoms with Gasteiger partial charge in [0.2, 0.25) is 15.9 Å². The number of carbonyl (C=O) groups is 3. The fourth-order valence-corrected chi connectivity index (χ4v) is 4.16. The molecule has 160 valence electrons. The summed E-state index contributed by atoms with van der Waals surface area (Å²) in [5.41, 5.74) is 0.906. The van der Waals surface area contributed by atoms with Crippen molar-refractivity contribution in [3.05, 3.63) is 63.6 Å². The quantitative estimate of drug-likeness (QED) is 0.541. The lowest BCUT2D eigenvalue weighted by atomic mass is 10.0. The van der Waals surface area contributed by atoms with E-state index < -0.39 is 40.3 Å². The maximum Gasteiger partial charge on any atom is 0.305 e. The first kappa shape index (κ1) is 23.8. The average Bonchev–Trinajstić information content (AvgIpc) is 2.68. The molecule has 0 aliphatic carbocycles. The maximum atomic E-state index is 12.6. The molecule has 2 aromatic rings. The second kappa shape index (κ2) is 10.0. The Hall–Kier alpha value is -2.46. The van der Waals surface area contributed by atoms with Gasteiger partial charge in [0.15, 0.2) is 0 Å². The molecule has 2 rings (SSSR count). The van der Waals surface area contributed by atoms with E-state index in [2.05, 4.69) is 5.32 Å². The Kier molecular flexibility index (Phi) is 7.96. The van der Waals surface area contributed by atoms with Gasteiger partial charge in [-0.3, -0.25) is 19.7 Å². The van der Waals surface area contributed by atoms with Crippen LogP contribution < -0.4 is 10.0 Å². The molecule has 3 N–H and O–H groups in total. The lowest BCUT2D eigenvalue weighted by molar-refractivity contribution is -0.139. The van der Waals surface area contributed by atoms with Crippen LogP contribution in [0.1, 0.15) is 29.3 Å². The highest BCUT2D eigenvalue weighted by Gasteiger charge is 2.29. The fourth-order valence-electron chi connectivity index (χ4n) is 2.58. The van der Waals surface area contributed by atoms with Crippen LogP contribution in [0.15, 0.2) is 47.4 Å². The van der Waals surface area contributed by atoms with Gasteiger partial charge in [-0.25, -0.2) is 8.42 Å². The zero-order valence-corrected chi connectivity index (χ0v) is 18.0. The van der Waals surface area contributed by atoms with Gasteiger partial charge in [-0.15, -0.1) is 0 Å². The van der Waals surface area contributed by atoms with E-state index in [1.807, 2.05) is 11.6 Å². The van der Waals surface area contributed by atoms with Gasteiger partial charge in [0, 0.05) is 5.56 Å². The van der Waals surface area contributed by atoms with Gasteiger partial charge in [0.25, 0.3) is 5.91 Å². The summed E-state index contributed by atoms with van der Waals surface area (Å²) in [6, 6.07) is 8.28. The smallest absolute Gasteiger partial charge is 0.305 e. The fraction of sp³-hybridized carbons (Fsp3) is 0.211. The van der Waals surface area contributed by atoms with Crippen molar-refractivity contribution in [2.75, 3.05) is 0 Å². The van der Waals surface area contributed by atoms with Crippen molar-refractivity contribution in [1.29, 1.82) is 0 Å². The molecule has 11 heteroatoms. The standard InChI is InChI=1S/C19H18Cl2N2O6S/c1-2-11-5-3-4-6-13(11)18(26)22-19(27)16(10-17(24)25)23-30(28,29)12-7-8-14(20)15(21)9-12/h3-9,16,23H,2,10H2,1H3,(H,24,25)(H,22,26,27)/t16-/m0/s1. The highest BCUT2D eigenvalue weighted by atomic mass is 35.5. The van der Waals surface area contributed by atoms with Gasteiger partial charge >= 0.3 is 5.97 Å². The molecule has 0 fully saturated rings. The van der Waals surface area contributed by atoms with Crippen LogP contribution in [-0.4, -0.2) is 37.3 Å². The van der Waals surface area contributed by atoms with Crippen LogP contribution in [0, 0.1) is 0 Å². The molecule has 0 saturated carbocycles. The van der Waals surface area contributed by atoms with Crippen LogP contribution in [0.5, 0.6) is 0 Å². The van der Waals surface area contributed by atoms with Gasteiger partial charge in [0.1, 0.15) is 6.04 Å². The van der Waals surface area contributed by atoms with Crippen LogP contribution in [0.2, 0.25) is 10.0 Å². The van der Waals surface area contributed by atoms with Crippen LogP contribution in [0.25, 0.3) is 0 Å². The number of rotatable bonds is 8. The number of carbonyl (C=O) groups excluding carboxylic acids is 2. The van der Waals surface area contributed by atoms with E-state index in [0.29, 0.717) is 12.0 Å². The van der Waals surface area contributed by atoms with E-state index >= 15 is 0 Å². The molecule has 0 bridgehead atoms.